The Kier molecular flexibility index (Phi) is 5.55. The topological polar surface area (TPSA) is 81.1 Å². The van der Waals surface area contributed by atoms with E-state index < -0.39 is 0 Å². The molecule has 0 saturated heterocycles. The van der Waals surface area contributed by atoms with Crippen LogP contribution in [0, 0.1) is 5.41 Å². The van der Waals surface area contributed by atoms with Crippen molar-refractivity contribution in [3.05, 3.63) is 35.9 Å². The summed E-state index contributed by atoms with van der Waals surface area (Å²) in [4.78, 5) is 16.3. The van der Waals surface area contributed by atoms with Crippen molar-refractivity contribution in [1.29, 1.82) is 0 Å². The van der Waals surface area contributed by atoms with Gasteiger partial charge < -0.3 is 15.4 Å². The minimum atomic E-state index is -0.272. The van der Waals surface area contributed by atoms with E-state index >= 15 is 0 Å². The largest absolute Gasteiger partial charge is 0.384 e. The Labute approximate surface area is 151 Å². The average Bonchev–Trinajstić information content (AvgIpc) is 3.26. The van der Waals surface area contributed by atoms with Crippen LogP contribution in [-0.2, 0) is 4.74 Å². The van der Waals surface area contributed by atoms with E-state index in [0.717, 1.165) is 12.8 Å². The third kappa shape index (κ3) is 4.29. The van der Waals surface area contributed by atoms with Crippen molar-refractivity contribution < 1.29 is 9.53 Å². The summed E-state index contributed by atoms with van der Waals surface area (Å²) >= 11 is 6.07. The minimum absolute atomic E-state index is 0.0369. The molecule has 1 saturated carbocycles. The van der Waals surface area contributed by atoms with Crippen LogP contribution in [0.1, 0.15) is 25.7 Å². The van der Waals surface area contributed by atoms with Gasteiger partial charge in [-0.2, -0.15) is 5.10 Å². The van der Waals surface area contributed by atoms with Crippen molar-refractivity contribution in [2.75, 3.05) is 25.6 Å². The standard InChI is InChI=1S/C17H22ClN5O2/c1-25-10-17(6-2-3-7-17)9-20-16(24)22-14-8-13(18)4-5-15(14)23-12-19-11-21-23/h4-5,8,11-12H,2-3,6-7,9-10H2,1H3,(H2,20,22,24). The van der Waals surface area contributed by atoms with Crippen LogP contribution >= 0.6 is 11.6 Å². The van der Waals surface area contributed by atoms with Gasteiger partial charge in [-0.3, -0.25) is 0 Å². The molecule has 0 atom stereocenters. The number of hydrogen-bond donors (Lipinski definition) is 2. The van der Waals surface area contributed by atoms with Crippen molar-refractivity contribution in [1.82, 2.24) is 20.1 Å². The van der Waals surface area contributed by atoms with Crippen molar-refractivity contribution in [3.8, 4) is 5.69 Å². The predicted molar refractivity (Wildman–Crippen MR) is 96.2 cm³/mol. The van der Waals surface area contributed by atoms with E-state index in [1.807, 2.05) is 0 Å². The molecule has 1 aromatic carbocycles. The zero-order chi connectivity index (χ0) is 17.7. The minimum Gasteiger partial charge on any atom is -0.384 e. The van der Waals surface area contributed by atoms with Gasteiger partial charge in [0.2, 0.25) is 0 Å². The molecular formula is C17H22ClN5O2. The van der Waals surface area contributed by atoms with E-state index in [1.54, 1.807) is 36.3 Å². The number of carbonyl (C=O) groups excluding carboxylic acids is 1. The van der Waals surface area contributed by atoms with Crippen LogP contribution < -0.4 is 10.6 Å². The van der Waals surface area contributed by atoms with Gasteiger partial charge in [0, 0.05) is 24.1 Å². The number of rotatable bonds is 6. The van der Waals surface area contributed by atoms with Gasteiger partial charge in [-0.1, -0.05) is 24.4 Å². The molecule has 2 N–H and O–H groups in total. The van der Waals surface area contributed by atoms with Crippen LogP contribution in [-0.4, -0.2) is 41.1 Å². The van der Waals surface area contributed by atoms with Crippen molar-refractivity contribution in [3.63, 3.8) is 0 Å². The maximum absolute atomic E-state index is 12.4. The molecule has 2 amide bonds. The van der Waals surface area contributed by atoms with Gasteiger partial charge in [0.05, 0.1) is 18.0 Å². The molecule has 0 unspecified atom stereocenters. The summed E-state index contributed by atoms with van der Waals surface area (Å²) in [7, 11) is 1.70. The molecule has 7 nitrogen and oxygen atoms in total. The first-order chi connectivity index (χ1) is 12.1. The van der Waals surface area contributed by atoms with Crippen LogP contribution in [0.3, 0.4) is 0 Å². The number of aromatic nitrogens is 3. The number of amides is 2. The lowest BCUT2D eigenvalue weighted by Crippen LogP contribution is -2.40. The lowest BCUT2D eigenvalue weighted by molar-refractivity contribution is 0.0847. The predicted octanol–water partition coefficient (Wildman–Crippen LogP) is 3.25. The fraction of sp³-hybridized carbons (Fsp3) is 0.471. The molecule has 0 spiro atoms. The van der Waals surface area contributed by atoms with E-state index in [1.165, 1.54) is 19.2 Å². The molecule has 134 valence electrons. The van der Waals surface area contributed by atoms with Gasteiger partial charge in [0.1, 0.15) is 12.7 Å². The van der Waals surface area contributed by atoms with Crippen molar-refractivity contribution in [2.45, 2.75) is 25.7 Å². The normalized spacial score (nSPS) is 15.9. The van der Waals surface area contributed by atoms with Gasteiger partial charge in [-0.05, 0) is 31.0 Å². The SMILES string of the molecule is COCC1(CNC(=O)Nc2cc(Cl)ccc2-n2cncn2)CCCC1. The maximum atomic E-state index is 12.4. The third-order valence-corrected chi connectivity index (χ3v) is 4.85. The zero-order valence-corrected chi connectivity index (χ0v) is 14.9. The molecular weight excluding hydrogens is 342 g/mol. The summed E-state index contributed by atoms with van der Waals surface area (Å²) < 4.78 is 6.93. The molecule has 0 radical (unpaired) electrons. The van der Waals surface area contributed by atoms with Gasteiger partial charge in [-0.15, -0.1) is 0 Å². The first-order valence-electron chi connectivity index (χ1n) is 8.30. The van der Waals surface area contributed by atoms with Gasteiger partial charge >= 0.3 is 6.03 Å². The highest BCUT2D eigenvalue weighted by molar-refractivity contribution is 6.31. The maximum Gasteiger partial charge on any atom is 0.319 e. The summed E-state index contributed by atoms with van der Waals surface area (Å²) in [6.45, 7) is 1.25. The van der Waals surface area contributed by atoms with E-state index in [0.29, 0.717) is 29.5 Å². The number of nitrogens with zero attached hydrogens (tertiary/aromatic N) is 3. The molecule has 1 aliphatic carbocycles. The van der Waals surface area contributed by atoms with Crippen LogP contribution in [0.5, 0.6) is 0 Å². The highest BCUT2D eigenvalue weighted by atomic mass is 35.5. The molecule has 0 bridgehead atoms. The Morgan fingerprint density at radius 3 is 2.88 bits per heavy atom. The van der Waals surface area contributed by atoms with Crippen LogP contribution in [0.25, 0.3) is 5.69 Å². The lowest BCUT2D eigenvalue weighted by Gasteiger charge is -2.28. The second kappa shape index (κ2) is 7.84. The molecule has 1 aliphatic rings. The molecule has 1 aromatic heterocycles. The van der Waals surface area contributed by atoms with Gasteiger partial charge in [-0.25, -0.2) is 14.5 Å². The highest BCUT2D eigenvalue weighted by Crippen LogP contribution is 2.37. The number of methoxy groups -OCH3 is 1. The number of halogens is 1. The third-order valence-electron chi connectivity index (χ3n) is 4.61. The number of ether oxygens (including phenoxy) is 1. The first kappa shape index (κ1) is 17.7. The summed E-state index contributed by atoms with van der Waals surface area (Å²) in [6.07, 6.45) is 7.51. The lowest BCUT2D eigenvalue weighted by atomic mass is 9.87. The Balaban J connectivity index is 1.68. The smallest absolute Gasteiger partial charge is 0.319 e. The molecule has 2 aromatic rings. The van der Waals surface area contributed by atoms with E-state index in [-0.39, 0.29) is 11.4 Å². The number of anilines is 1. The fourth-order valence-corrected chi connectivity index (χ4v) is 3.55. The van der Waals surface area contributed by atoms with Gasteiger partial charge in [0.25, 0.3) is 0 Å². The average molecular weight is 364 g/mol. The summed E-state index contributed by atoms with van der Waals surface area (Å²) in [5, 5.41) is 10.5. The Morgan fingerprint density at radius 1 is 1.40 bits per heavy atom. The quantitative estimate of drug-likeness (QED) is 0.825. The molecule has 3 rings (SSSR count). The second-order valence-corrected chi connectivity index (χ2v) is 6.89. The highest BCUT2D eigenvalue weighted by Gasteiger charge is 2.34. The first-order valence-corrected chi connectivity index (χ1v) is 8.68. The summed E-state index contributed by atoms with van der Waals surface area (Å²) in [6, 6.07) is 4.95. The fourth-order valence-electron chi connectivity index (χ4n) is 3.38. The van der Waals surface area contributed by atoms with Crippen LogP contribution in [0.4, 0.5) is 10.5 Å². The Morgan fingerprint density at radius 2 is 2.20 bits per heavy atom. The van der Waals surface area contributed by atoms with E-state index in [4.69, 9.17) is 16.3 Å². The second-order valence-electron chi connectivity index (χ2n) is 6.45. The Bertz CT molecular complexity index is 714. The molecule has 25 heavy (non-hydrogen) atoms. The van der Waals surface area contributed by atoms with Crippen LogP contribution in [0.2, 0.25) is 5.02 Å². The van der Waals surface area contributed by atoms with E-state index in [9.17, 15) is 4.79 Å². The number of urea groups is 1. The molecule has 0 aliphatic heterocycles. The number of nitrogens with one attached hydrogen (secondary N) is 2. The number of benzene rings is 1. The van der Waals surface area contributed by atoms with Gasteiger partial charge in [0.15, 0.2) is 0 Å². The van der Waals surface area contributed by atoms with E-state index in [2.05, 4.69) is 20.7 Å². The molecule has 1 heterocycles. The summed E-state index contributed by atoms with van der Waals surface area (Å²) in [5.41, 5.74) is 1.31. The van der Waals surface area contributed by atoms with Crippen LogP contribution in [0.15, 0.2) is 30.9 Å². The van der Waals surface area contributed by atoms with Crippen molar-refractivity contribution in [2.24, 2.45) is 5.41 Å². The molecule has 1 fully saturated rings. The molecule has 8 heteroatoms. The summed E-state index contributed by atoms with van der Waals surface area (Å²) in [5.74, 6) is 0. The number of hydrogen-bond acceptors (Lipinski definition) is 4. The zero-order valence-electron chi connectivity index (χ0n) is 14.2. The Hall–Kier alpha value is -2.12. The number of carbonyl (C=O) groups is 1. The van der Waals surface area contributed by atoms with Crippen molar-refractivity contribution >= 4 is 23.3 Å². The monoisotopic (exact) mass is 363 g/mol.